The molecule has 0 N–H and O–H groups in total. The van der Waals surface area contributed by atoms with Crippen molar-refractivity contribution in [2.24, 2.45) is 0 Å². The van der Waals surface area contributed by atoms with Gasteiger partial charge in [-0.15, -0.1) is 11.3 Å². The molecular formula is C52H29N3S. The fourth-order valence-corrected chi connectivity index (χ4v) is 10.5. The SMILES string of the molecule is c1ccc2cc3c(cc2c1)c1c2c4ccccc4c4ccccc4c2ccc1n3-c1nc2c(ccc3ccccc32)nc1-c1ccc2sc3ccccc3c2c1. The molecule has 258 valence electrons. The second kappa shape index (κ2) is 11.2. The molecule has 13 aromatic rings. The Morgan fingerprint density at radius 2 is 1.00 bits per heavy atom. The standard InChI is InChI=1S/C52H29N3S/c1-2-13-32-29-45-42(27-31(32)12-1)49-44(25-23-40-37-17-6-5-15-35(37)36-16-7-8-19-39(36)48(40)49)55(45)52-50(53-43-24-21-30-11-3-4-14-34(30)51(43)54-52)33-22-26-47-41(28-33)38-18-9-10-20-46(38)56-47/h1-29H. The monoisotopic (exact) mass is 727 g/mol. The molecule has 56 heavy (non-hydrogen) atoms. The van der Waals surface area contributed by atoms with E-state index in [2.05, 4.69) is 180 Å². The van der Waals surface area contributed by atoms with Crippen molar-refractivity contribution in [1.29, 1.82) is 0 Å². The molecule has 0 saturated carbocycles. The summed E-state index contributed by atoms with van der Waals surface area (Å²) in [4.78, 5) is 11.3. The Balaban J connectivity index is 1.25. The summed E-state index contributed by atoms with van der Waals surface area (Å²) in [6.07, 6.45) is 0. The molecule has 0 fully saturated rings. The van der Waals surface area contributed by atoms with Crippen molar-refractivity contribution in [3.05, 3.63) is 176 Å². The Morgan fingerprint density at radius 3 is 1.80 bits per heavy atom. The zero-order valence-corrected chi connectivity index (χ0v) is 30.8. The summed E-state index contributed by atoms with van der Waals surface area (Å²) in [6.45, 7) is 0. The molecule has 0 spiro atoms. The molecule has 0 amide bonds. The number of hydrogen-bond acceptors (Lipinski definition) is 3. The van der Waals surface area contributed by atoms with Gasteiger partial charge in [0.25, 0.3) is 0 Å². The summed E-state index contributed by atoms with van der Waals surface area (Å²) in [5, 5.41) is 17.2. The second-order valence-electron chi connectivity index (χ2n) is 14.9. The van der Waals surface area contributed by atoms with Crippen LogP contribution >= 0.6 is 11.3 Å². The molecule has 0 aliphatic carbocycles. The molecule has 0 bridgehead atoms. The van der Waals surface area contributed by atoms with E-state index in [-0.39, 0.29) is 0 Å². The number of rotatable bonds is 2. The van der Waals surface area contributed by atoms with Crippen molar-refractivity contribution in [2.75, 3.05) is 0 Å². The van der Waals surface area contributed by atoms with Gasteiger partial charge in [0.2, 0.25) is 0 Å². The van der Waals surface area contributed by atoms with Gasteiger partial charge in [-0.3, -0.25) is 4.57 Å². The predicted octanol–water partition coefficient (Wildman–Crippen LogP) is 14.5. The fraction of sp³-hybridized carbons (Fsp3) is 0. The average molecular weight is 728 g/mol. The minimum absolute atomic E-state index is 0.826. The van der Waals surface area contributed by atoms with Gasteiger partial charge in [-0.2, -0.15) is 0 Å². The van der Waals surface area contributed by atoms with Crippen LogP contribution in [0.1, 0.15) is 0 Å². The third kappa shape index (κ3) is 4.11. The third-order valence-corrected chi connectivity index (χ3v) is 13.1. The Labute approximate surface area is 324 Å². The minimum atomic E-state index is 0.826. The van der Waals surface area contributed by atoms with Crippen LogP contribution in [0.2, 0.25) is 0 Å². The van der Waals surface area contributed by atoms with Gasteiger partial charge < -0.3 is 0 Å². The van der Waals surface area contributed by atoms with Crippen LogP contribution in [0.3, 0.4) is 0 Å². The summed E-state index contributed by atoms with van der Waals surface area (Å²) in [5.41, 5.74) is 5.91. The number of benzene rings is 10. The topological polar surface area (TPSA) is 30.7 Å². The molecule has 4 heteroatoms. The van der Waals surface area contributed by atoms with E-state index in [1.807, 2.05) is 11.3 Å². The van der Waals surface area contributed by atoms with Crippen molar-refractivity contribution < 1.29 is 0 Å². The quantitative estimate of drug-likeness (QED) is 0.166. The van der Waals surface area contributed by atoms with E-state index in [1.54, 1.807) is 0 Å². The minimum Gasteiger partial charge on any atom is -0.292 e. The first kappa shape index (κ1) is 30.2. The fourth-order valence-electron chi connectivity index (χ4n) is 9.42. The van der Waals surface area contributed by atoms with Crippen LogP contribution in [-0.2, 0) is 0 Å². The summed E-state index contributed by atoms with van der Waals surface area (Å²) < 4.78 is 4.96. The van der Waals surface area contributed by atoms with Gasteiger partial charge in [-0.1, -0.05) is 133 Å². The third-order valence-electron chi connectivity index (χ3n) is 11.9. The summed E-state index contributed by atoms with van der Waals surface area (Å²) in [6, 6.07) is 64.2. The molecule has 0 aliphatic rings. The number of thiophene rings is 1. The molecule has 0 saturated heterocycles. The van der Waals surface area contributed by atoms with Crippen LogP contribution in [0.4, 0.5) is 0 Å². The molecule has 0 unspecified atom stereocenters. The highest BCUT2D eigenvalue weighted by atomic mass is 32.1. The second-order valence-corrected chi connectivity index (χ2v) is 16.0. The van der Waals surface area contributed by atoms with E-state index in [1.165, 1.54) is 74.0 Å². The maximum absolute atomic E-state index is 5.73. The number of hydrogen-bond donors (Lipinski definition) is 0. The van der Waals surface area contributed by atoms with Gasteiger partial charge >= 0.3 is 0 Å². The molecule has 13 rings (SSSR count). The lowest BCUT2D eigenvalue weighted by Gasteiger charge is -2.16. The zero-order valence-electron chi connectivity index (χ0n) is 30.0. The van der Waals surface area contributed by atoms with Gasteiger partial charge in [-0.25, -0.2) is 9.97 Å². The van der Waals surface area contributed by atoms with E-state index in [9.17, 15) is 0 Å². The summed E-state index contributed by atoms with van der Waals surface area (Å²) in [5.74, 6) is 0.826. The number of aromatic nitrogens is 3. The van der Waals surface area contributed by atoms with Crippen LogP contribution in [0.25, 0.3) is 124 Å². The highest BCUT2D eigenvalue weighted by Crippen LogP contribution is 2.46. The van der Waals surface area contributed by atoms with E-state index < -0.39 is 0 Å². The maximum atomic E-state index is 5.73. The van der Waals surface area contributed by atoms with Crippen molar-refractivity contribution >= 4 is 118 Å². The van der Waals surface area contributed by atoms with E-state index >= 15 is 0 Å². The first-order valence-electron chi connectivity index (χ1n) is 19.1. The lowest BCUT2D eigenvalue weighted by atomic mass is 9.91. The van der Waals surface area contributed by atoms with E-state index in [4.69, 9.17) is 9.97 Å². The molecule has 3 aromatic heterocycles. The Morgan fingerprint density at radius 1 is 0.375 bits per heavy atom. The smallest absolute Gasteiger partial charge is 0.165 e. The summed E-state index contributed by atoms with van der Waals surface area (Å²) in [7, 11) is 0. The normalized spacial score (nSPS) is 12.3. The maximum Gasteiger partial charge on any atom is 0.165 e. The van der Waals surface area contributed by atoms with Gasteiger partial charge in [0.1, 0.15) is 5.69 Å². The van der Waals surface area contributed by atoms with Gasteiger partial charge in [0.05, 0.1) is 22.1 Å². The molecule has 3 heterocycles. The van der Waals surface area contributed by atoms with Crippen LogP contribution < -0.4 is 0 Å². The number of nitrogens with zero attached hydrogens (tertiary/aromatic N) is 3. The van der Waals surface area contributed by atoms with Gasteiger partial charge in [0.15, 0.2) is 5.82 Å². The molecule has 0 radical (unpaired) electrons. The highest BCUT2D eigenvalue weighted by Gasteiger charge is 2.24. The average Bonchev–Trinajstić information content (AvgIpc) is 3.79. The Kier molecular flexibility index (Phi) is 6.04. The van der Waals surface area contributed by atoms with Crippen LogP contribution in [0.5, 0.6) is 0 Å². The molecular weight excluding hydrogens is 699 g/mol. The first-order valence-corrected chi connectivity index (χ1v) is 19.9. The molecule has 0 aliphatic heterocycles. The van der Waals surface area contributed by atoms with Crippen LogP contribution in [0, 0.1) is 0 Å². The summed E-state index contributed by atoms with van der Waals surface area (Å²) >= 11 is 1.84. The largest absolute Gasteiger partial charge is 0.292 e. The first-order chi connectivity index (χ1) is 27.8. The lowest BCUT2D eigenvalue weighted by molar-refractivity contribution is 1.08. The molecule has 0 atom stereocenters. The van der Waals surface area contributed by atoms with Crippen LogP contribution in [0.15, 0.2) is 176 Å². The highest BCUT2D eigenvalue weighted by molar-refractivity contribution is 7.25. The van der Waals surface area contributed by atoms with Crippen LogP contribution in [-0.4, -0.2) is 14.5 Å². The lowest BCUT2D eigenvalue weighted by Crippen LogP contribution is -2.04. The van der Waals surface area contributed by atoms with Crippen molar-refractivity contribution in [2.45, 2.75) is 0 Å². The van der Waals surface area contributed by atoms with Gasteiger partial charge in [-0.05, 0) is 85.6 Å². The number of fused-ring (bicyclic) bond motifs is 17. The molecule has 3 nitrogen and oxygen atoms in total. The van der Waals surface area contributed by atoms with E-state index in [0.29, 0.717) is 0 Å². The van der Waals surface area contributed by atoms with Gasteiger partial charge in [0, 0.05) is 47.3 Å². The molecule has 10 aromatic carbocycles. The Hall–Kier alpha value is -7.14. The van der Waals surface area contributed by atoms with Crippen molar-refractivity contribution in [1.82, 2.24) is 14.5 Å². The van der Waals surface area contributed by atoms with E-state index in [0.717, 1.165) is 49.9 Å². The Bertz CT molecular complexity index is 3800. The van der Waals surface area contributed by atoms with Crippen molar-refractivity contribution in [3.63, 3.8) is 0 Å². The zero-order chi connectivity index (χ0) is 36.5. The van der Waals surface area contributed by atoms with Crippen molar-refractivity contribution in [3.8, 4) is 17.1 Å². The predicted molar refractivity (Wildman–Crippen MR) is 240 cm³/mol.